The lowest BCUT2D eigenvalue weighted by atomic mass is 10.1. The van der Waals surface area contributed by atoms with E-state index < -0.39 is 31.6 Å². The van der Waals surface area contributed by atoms with Crippen LogP contribution in [0.2, 0.25) is 0 Å². The summed E-state index contributed by atoms with van der Waals surface area (Å²) in [5, 5.41) is 26.4. The molecule has 0 spiro atoms. The lowest BCUT2D eigenvalue weighted by Crippen LogP contribution is -2.34. The molecule has 3 aromatic carbocycles. The number of nitriles is 1. The molecule has 0 aliphatic carbocycles. The number of amides is 2. The van der Waals surface area contributed by atoms with E-state index in [4.69, 9.17) is 0 Å². The van der Waals surface area contributed by atoms with Crippen molar-refractivity contribution < 1.29 is 18.1 Å². The minimum absolute atomic E-state index is 0.148. The maximum absolute atomic E-state index is 12.7. The number of hydrogen-bond acceptors (Lipinski definition) is 8. The SMILES string of the molecule is N#Cc1cccc(Nc2c(NC(=O)NS(=O)(=O)c3cccc([N+](=O)[O-])c3)cnc3ccc(Br)cc23)c1. The Morgan fingerprint density at radius 2 is 1.86 bits per heavy atom. The van der Waals surface area contributed by atoms with Crippen LogP contribution in [0.4, 0.5) is 27.5 Å². The van der Waals surface area contributed by atoms with Gasteiger partial charge in [-0.2, -0.15) is 5.26 Å². The highest BCUT2D eigenvalue weighted by atomic mass is 79.9. The topological polar surface area (TPSA) is 167 Å². The number of carbonyl (C=O) groups excluding carboxylic acids is 1. The number of pyridine rings is 1. The second-order valence-corrected chi connectivity index (χ2v) is 9.94. The van der Waals surface area contributed by atoms with E-state index in [0.29, 0.717) is 27.8 Å². The molecule has 0 saturated heterocycles. The van der Waals surface area contributed by atoms with Gasteiger partial charge in [-0.15, -0.1) is 0 Å². The van der Waals surface area contributed by atoms with E-state index in [2.05, 4.69) is 37.6 Å². The number of halogens is 1. The molecule has 3 N–H and O–H groups in total. The van der Waals surface area contributed by atoms with Crippen molar-refractivity contribution in [2.24, 2.45) is 0 Å². The number of hydrogen-bond donors (Lipinski definition) is 3. The largest absolute Gasteiger partial charge is 0.353 e. The van der Waals surface area contributed by atoms with Gasteiger partial charge in [0.2, 0.25) is 0 Å². The summed E-state index contributed by atoms with van der Waals surface area (Å²) in [7, 11) is -4.42. The number of urea groups is 1. The summed E-state index contributed by atoms with van der Waals surface area (Å²) in [6.07, 6.45) is 1.35. The van der Waals surface area contributed by atoms with Crippen LogP contribution in [0.25, 0.3) is 10.9 Å². The second-order valence-electron chi connectivity index (χ2n) is 7.34. The third kappa shape index (κ3) is 5.40. The Bertz CT molecular complexity index is 1670. The number of nitro groups is 1. The minimum atomic E-state index is -4.42. The van der Waals surface area contributed by atoms with Crippen LogP contribution in [-0.2, 0) is 10.0 Å². The molecule has 11 nitrogen and oxygen atoms in total. The zero-order valence-corrected chi connectivity index (χ0v) is 20.5. The monoisotopic (exact) mass is 566 g/mol. The first-order valence-corrected chi connectivity index (χ1v) is 12.4. The molecule has 180 valence electrons. The molecule has 0 saturated carbocycles. The fourth-order valence-corrected chi connectivity index (χ4v) is 4.61. The third-order valence-electron chi connectivity index (χ3n) is 4.91. The van der Waals surface area contributed by atoms with Crippen LogP contribution in [0.1, 0.15) is 5.56 Å². The quantitative estimate of drug-likeness (QED) is 0.215. The van der Waals surface area contributed by atoms with Gasteiger partial charge in [0.1, 0.15) is 0 Å². The molecule has 0 radical (unpaired) electrons. The van der Waals surface area contributed by atoms with Gasteiger partial charge < -0.3 is 10.6 Å². The predicted molar refractivity (Wildman–Crippen MR) is 136 cm³/mol. The van der Waals surface area contributed by atoms with Crippen molar-refractivity contribution in [2.75, 3.05) is 10.6 Å². The summed E-state index contributed by atoms with van der Waals surface area (Å²) >= 11 is 3.41. The Kier molecular flexibility index (Phi) is 6.82. The Balaban J connectivity index is 1.68. The summed E-state index contributed by atoms with van der Waals surface area (Å²) in [5.74, 6) is 0. The molecule has 0 bridgehead atoms. The molecule has 13 heteroatoms. The Morgan fingerprint density at radius 1 is 1.08 bits per heavy atom. The molecular formula is C23H15BrN6O5S. The van der Waals surface area contributed by atoms with Gasteiger partial charge >= 0.3 is 6.03 Å². The standard InChI is InChI=1S/C23H15BrN6O5S/c24-15-7-8-20-19(10-15)22(27-16-4-1-3-14(9-16)12-25)21(13-26-20)28-23(31)29-36(34,35)18-6-2-5-17(11-18)30(32)33/h1-11,13H,(H,26,27)(H2,28,29,31). The van der Waals surface area contributed by atoms with E-state index >= 15 is 0 Å². The van der Waals surface area contributed by atoms with Crippen LogP contribution in [0.3, 0.4) is 0 Å². The summed E-state index contributed by atoms with van der Waals surface area (Å²) in [6.45, 7) is 0. The molecular weight excluding hydrogens is 552 g/mol. The van der Waals surface area contributed by atoms with E-state index in [1.165, 1.54) is 12.3 Å². The number of non-ortho nitro benzene ring substituents is 1. The van der Waals surface area contributed by atoms with Gasteiger partial charge in [0.15, 0.2) is 0 Å². The number of anilines is 3. The normalized spacial score (nSPS) is 10.9. The predicted octanol–water partition coefficient (Wildman–Crippen LogP) is 5.03. The molecule has 2 amide bonds. The average molecular weight is 567 g/mol. The van der Waals surface area contributed by atoms with Gasteiger partial charge in [-0.05, 0) is 42.5 Å². The Morgan fingerprint density at radius 3 is 2.61 bits per heavy atom. The summed E-state index contributed by atoms with van der Waals surface area (Å²) in [5.41, 5.74) is 1.67. The number of fused-ring (bicyclic) bond motifs is 1. The number of sulfonamides is 1. The van der Waals surface area contributed by atoms with E-state index in [1.54, 1.807) is 42.5 Å². The number of rotatable bonds is 6. The molecule has 0 aliphatic heterocycles. The van der Waals surface area contributed by atoms with Gasteiger partial charge in [0.05, 0.1) is 44.5 Å². The van der Waals surface area contributed by atoms with Gasteiger partial charge in [-0.25, -0.2) is 17.9 Å². The van der Waals surface area contributed by atoms with Gasteiger partial charge in [0.25, 0.3) is 15.7 Å². The van der Waals surface area contributed by atoms with E-state index in [-0.39, 0.29) is 5.69 Å². The first-order chi connectivity index (χ1) is 17.2. The lowest BCUT2D eigenvalue weighted by Gasteiger charge is -2.16. The summed E-state index contributed by atoms with van der Waals surface area (Å²) < 4.78 is 27.9. The zero-order valence-electron chi connectivity index (χ0n) is 18.1. The Labute approximate surface area is 213 Å². The minimum Gasteiger partial charge on any atom is -0.353 e. The maximum atomic E-state index is 12.7. The summed E-state index contributed by atoms with van der Waals surface area (Å²) in [4.78, 5) is 26.8. The number of benzene rings is 3. The number of nitrogens with one attached hydrogen (secondary N) is 3. The van der Waals surface area contributed by atoms with Crippen LogP contribution in [0, 0.1) is 21.4 Å². The van der Waals surface area contributed by atoms with Crippen LogP contribution in [-0.4, -0.2) is 24.4 Å². The van der Waals surface area contributed by atoms with Gasteiger partial charge in [-0.1, -0.05) is 28.1 Å². The molecule has 0 fully saturated rings. The van der Waals surface area contributed by atoms with Crippen molar-refractivity contribution >= 4 is 65.6 Å². The van der Waals surface area contributed by atoms with Crippen molar-refractivity contribution in [2.45, 2.75) is 4.90 Å². The molecule has 4 aromatic rings. The molecule has 1 aromatic heterocycles. The van der Waals surface area contributed by atoms with Gasteiger partial charge in [0, 0.05) is 27.7 Å². The van der Waals surface area contributed by atoms with Crippen LogP contribution in [0.5, 0.6) is 0 Å². The van der Waals surface area contributed by atoms with Crippen molar-refractivity contribution in [1.29, 1.82) is 5.26 Å². The van der Waals surface area contributed by atoms with Crippen molar-refractivity contribution in [3.8, 4) is 6.07 Å². The van der Waals surface area contributed by atoms with Crippen LogP contribution >= 0.6 is 15.9 Å². The second kappa shape index (κ2) is 9.98. The fourth-order valence-electron chi connectivity index (χ4n) is 3.30. The van der Waals surface area contributed by atoms with E-state index in [9.17, 15) is 28.6 Å². The highest BCUT2D eigenvalue weighted by Crippen LogP contribution is 2.34. The lowest BCUT2D eigenvalue weighted by molar-refractivity contribution is -0.385. The van der Waals surface area contributed by atoms with Crippen molar-refractivity contribution in [3.63, 3.8) is 0 Å². The van der Waals surface area contributed by atoms with E-state index in [0.717, 1.165) is 22.7 Å². The van der Waals surface area contributed by atoms with Crippen molar-refractivity contribution in [3.05, 3.63) is 93.1 Å². The fraction of sp³-hybridized carbons (Fsp3) is 0. The number of aromatic nitrogens is 1. The molecule has 0 aliphatic rings. The smallest absolute Gasteiger partial charge is 0.333 e. The number of carbonyl (C=O) groups is 1. The number of nitrogens with zero attached hydrogens (tertiary/aromatic N) is 3. The van der Waals surface area contributed by atoms with E-state index in [1.807, 2.05) is 4.72 Å². The molecule has 36 heavy (non-hydrogen) atoms. The zero-order chi connectivity index (χ0) is 25.9. The first-order valence-electron chi connectivity index (χ1n) is 10.1. The maximum Gasteiger partial charge on any atom is 0.333 e. The third-order valence-corrected chi connectivity index (χ3v) is 6.73. The highest BCUT2D eigenvalue weighted by molar-refractivity contribution is 9.10. The van der Waals surface area contributed by atoms with Crippen LogP contribution in [0.15, 0.2) is 82.3 Å². The average Bonchev–Trinajstić information content (AvgIpc) is 2.85. The molecule has 1 heterocycles. The van der Waals surface area contributed by atoms with Crippen LogP contribution < -0.4 is 15.4 Å². The Hall–Kier alpha value is -4.54. The van der Waals surface area contributed by atoms with Crippen molar-refractivity contribution in [1.82, 2.24) is 9.71 Å². The molecule has 0 atom stereocenters. The van der Waals surface area contributed by atoms with Gasteiger partial charge in [-0.3, -0.25) is 15.1 Å². The number of nitro benzene ring substituents is 1. The molecule has 0 unspecified atom stereocenters. The first kappa shape index (κ1) is 24.6. The highest BCUT2D eigenvalue weighted by Gasteiger charge is 2.21. The summed E-state index contributed by atoms with van der Waals surface area (Å²) in [6, 6.07) is 17.2. The molecule has 4 rings (SSSR count).